The zero-order chi connectivity index (χ0) is 14.5. The molecule has 2 N–H and O–H groups in total. The van der Waals surface area contributed by atoms with Gasteiger partial charge >= 0.3 is 0 Å². The van der Waals surface area contributed by atoms with E-state index >= 15 is 0 Å². The Morgan fingerprint density at radius 2 is 2.00 bits per heavy atom. The first-order valence-corrected chi connectivity index (χ1v) is 7.49. The lowest BCUT2D eigenvalue weighted by Gasteiger charge is -2.32. The number of hydrogen-bond donors (Lipinski definition) is 1. The van der Waals surface area contributed by atoms with E-state index in [1.165, 1.54) is 0 Å². The summed E-state index contributed by atoms with van der Waals surface area (Å²) in [6.07, 6.45) is 2.12. The number of amides is 2. The van der Waals surface area contributed by atoms with Crippen LogP contribution in [0, 0.1) is 5.92 Å². The molecule has 2 heterocycles. The van der Waals surface area contributed by atoms with Gasteiger partial charge in [-0.15, -0.1) is 0 Å². The maximum Gasteiger partial charge on any atom is 0.245 e. The van der Waals surface area contributed by atoms with Crippen LogP contribution < -0.4 is 5.73 Å². The fourth-order valence-corrected chi connectivity index (χ4v) is 2.82. The summed E-state index contributed by atoms with van der Waals surface area (Å²) in [5, 5.41) is 0. The second-order valence-corrected chi connectivity index (χ2v) is 5.73. The second kappa shape index (κ2) is 7.04. The molecule has 0 bridgehead atoms. The van der Waals surface area contributed by atoms with Crippen molar-refractivity contribution in [3.05, 3.63) is 0 Å². The van der Waals surface area contributed by atoms with Crippen molar-refractivity contribution in [3.63, 3.8) is 0 Å². The van der Waals surface area contributed by atoms with Gasteiger partial charge in [0.25, 0.3) is 0 Å². The third-order valence-corrected chi connectivity index (χ3v) is 4.11. The summed E-state index contributed by atoms with van der Waals surface area (Å²) in [7, 11) is 0. The Morgan fingerprint density at radius 1 is 1.30 bits per heavy atom. The molecule has 2 atom stereocenters. The Labute approximate surface area is 120 Å². The molecule has 6 heteroatoms. The molecule has 114 valence electrons. The fourth-order valence-electron chi connectivity index (χ4n) is 2.82. The molecule has 0 aromatic rings. The van der Waals surface area contributed by atoms with Crippen molar-refractivity contribution in [3.8, 4) is 0 Å². The number of carbonyl (C=O) groups is 2. The average molecular weight is 283 g/mol. The Morgan fingerprint density at radius 3 is 2.65 bits per heavy atom. The van der Waals surface area contributed by atoms with Crippen LogP contribution in [0.3, 0.4) is 0 Å². The lowest BCUT2D eigenvalue weighted by molar-refractivity contribution is -0.146. The van der Waals surface area contributed by atoms with Crippen molar-refractivity contribution in [1.29, 1.82) is 0 Å². The predicted octanol–water partition coefficient (Wildman–Crippen LogP) is -0.179. The van der Waals surface area contributed by atoms with Gasteiger partial charge in [-0.25, -0.2) is 0 Å². The zero-order valence-corrected chi connectivity index (χ0v) is 12.2. The van der Waals surface area contributed by atoms with Crippen LogP contribution in [0.2, 0.25) is 0 Å². The molecule has 2 fully saturated rings. The molecular formula is C14H25N3O3. The first-order valence-electron chi connectivity index (χ1n) is 7.49. The van der Waals surface area contributed by atoms with Gasteiger partial charge in [0.2, 0.25) is 11.8 Å². The van der Waals surface area contributed by atoms with Crippen LogP contribution in [0.5, 0.6) is 0 Å². The summed E-state index contributed by atoms with van der Waals surface area (Å²) in [4.78, 5) is 28.4. The number of nitrogens with zero attached hydrogens (tertiary/aromatic N) is 2. The lowest BCUT2D eigenvalue weighted by Crippen LogP contribution is -2.51. The Kier molecular flexibility index (Phi) is 5.37. The van der Waals surface area contributed by atoms with Crippen LogP contribution >= 0.6 is 0 Å². The normalized spacial score (nSPS) is 24.8. The zero-order valence-electron chi connectivity index (χ0n) is 12.2. The summed E-state index contributed by atoms with van der Waals surface area (Å²) in [6, 6.07) is -0.273. The van der Waals surface area contributed by atoms with Gasteiger partial charge in [-0.05, 0) is 25.3 Å². The van der Waals surface area contributed by atoms with Gasteiger partial charge in [0, 0.05) is 26.1 Å². The van der Waals surface area contributed by atoms with Crippen molar-refractivity contribution >= 4 is 11.8 Å². The summed E-state index contributed by atoms with van der Waals surface area (Å²) in [6.45, 7) is 5.62. The third kappa shape index (κ3) is 3.49. The van der Waals surface area contributed by atoms with Gasteiger partial charge in [0.05, 0.1) is 13.2 Å². The highest BCUT2D eigenvalue weighted by molar-refractivity contribution is 5.88. The molecule has 20 heavy (non-hydrogen) atoms. The van der Waals surface area contributed by atoms with Crippen molar-refractivity contribution in [2.24, 2.45) is 11.7 Å². The van der Waals surface area contributed by atoms with E-state index in [2.05, 4.69) is 0 Å². The molecule has 2 aliphatic heterocycles. The molecule has 2 amide bonds. The minimum atomic E-state index is -0.273. The van der Waals surface area contributed by atoms with Crippen molar-refractivity contribution in [1.82, 2.24) is 9.80 Å². The first-order chi connectivity index (χ1) is 9.63. The summed E-state index contributed by atoms with van der Waals surface area (Å²) in [5.41, 5.74) is 5.57. The number of likely N-dealkylation sites (tertiary alicyclic amines) is 1. The molecule has 2 unspecified atom stereocenters. The summed E-state index contributed by atoms with van der Waals surface area (Å²) >= 11 is 0. The van der Waals surface area contributed by atoms with Crippen molar-refractivity contribution < 1.29 is 14.3 Å². The van der Waals surface area contributed by atoms with E-state index in [-0.39, 0.29) is 23.8 Å². The Hall–Kier alpha value is -1.14. The molecule has 2 saturated heterocycles. The van der Waals surface area contributed by atoms with Gasteiger partial charge in [-0.2, -0.15) is 0 Å². The number of carbonyl (C=O) groups excluding carboxylic acids is 2. The number of ether oxygens (including phenoxy) is 1. The monoisotopic (exact) mass is 283 g/mol. The van der Waals surface area contributed by atoms with Crippen LogP contribution in [0.25, 0.3) is 0 Å². The highest BCUT2D eigenvalue weighted by atomic mass is 16.5. The molecule has 0 aromatic carbocycles. The highest BCUT2D eigenvalue weighted by Gasteiger charge is 2.36. The lowest BCUT2D eigenvalue weighted by atomic mass is 10.1. The van der Waals surface area contributed by atoms with Crippen LogP contribution in [-0.4, -0.2) is 67.0 Å². The molecule has 2 aliphatic rings. The van der Waals surface area contributed by atoms with Gasteiger partial charge in [-0.1, -0.05) is 6.92 Å². The highest BCUT2D eigenvalue weighted by Crippen LogP contribution is 2.22. The second-order valence-electron chi connectivity index (χ2n) is 5.73. The molecular weight excluding hydrogens is 258 g/mol. The van der Waals surface area contributed by atoms with E-state index < -0.39 is 0 Å². The van der Waals surface area contributed by atoms with E-state index in [1.54, 1.807) is 4.90 Å². The number of hydrogen-bond acceptors (Lipinski definition) is 4. The number of morpholine rings is 1. The van der Waals surface area contributed by atoms with Gasteiger partial charge in [0.1, 0.15) is 6.04 Å². The standard InChI is InChI=1S/C14H25N3O3/c1-11(10-15)9-13(18)17-4-2-3-12(17)14(19)16-5-7-20-8-6-16/h11-12H,2-10,15H2,1H3. The van der Waals surface area contributed by atoms with E-state index in [1.807, 2.05) is 11.8 Å². The molecule has 2 rings (SSSR count). The summed E-state index contributed by atoms with van der Waals surface area (Å²) in [5.74, 6) is 0.314. The molecule has 0 aliphatic carbocycles. The van der Waals surface area contributed by atoms with Crippen molar-refractivity contribution in [2.75, 3.05) is 39.4 Å². The molecule has 0 saturated carbocycles. The maximum absolute atomic E-state index is 12.5. The van der Waals surface area contributed by atoms with Crippen LogP contribution in [0.4, 0.5) is 0 Å². The van der Waals surface area contributed by atoms with E-state index in [0.717, 1.165) is 12.8 Å². The first kappa shape index (κ1) is 15.3. The fraction of sp³-hybridized carbons (Fsp3) is 0.857. The van der Waals surface area contributed by atoms with Gasteiger partial charge < -0.3 is 20.3 Å². The van der Waals surface area contributed by atoms with E-state index in [9.17, 15) is 9.59 Å². The third-order valence-electron chi connectivity index (χ3n) is 4.11. The largest absolute Gasteiger partial charge is 0.378 e. The minimum Gasteiger partial charge on any atom is -0.378 e. The van der Waals surface area contributed by atoms with Crippen molar-refractivity contribution in [2.45, 2.75) is 32.2 Å². The molecule has 0 spiro atoms. The Balaban J connectivity index is 1.95. The minimum absolute atomic E-state index is 0.0621. The molecule has 0 aromatic heterocycles. The maximum atomic E-state index is 12.5. The quantitative estimate of drug-likeness (QED) is 0.776. The van der Waals surface area contributed by atoms with Gasteiger partial charge in [-0.3, -0.25) is 9.59 Å². The smallest absolute Gasteiger partial charge is 0.245 e. The van der Waals surface area contributed by atoms with Gasteiger partial charge in [0.15, 0.2) is 0 Å². The predicted molar refractivity (Wildman–Crippen MR) is 75.0 cm³/mol. The molecule has 0 radical (unpaired) electrons. The van der Waals surface area contributed by atoms with E-state index in [0.29, 0.717) is 45.8 Å². The molecule has 6 nitrogen and oxygen atoms in total. The Bertz CT molecular complexity index is 356. The number of rotatable bonds is 4. The topological polar surface area (TPSA) is 75.9 Å². The van der Waals surface area contributed by atoms with Crippen LogP contribution in [0.1, 0.15) is 26.2 Å². The average Bonchev–Trinajstić information content (AvgIpc) is 2.96. The van der Waals surface area contributed by atoms with E-state index in [4.69, 9.17) is 10.5 Å². The summed E-state index contributed by atoms with van der Waals surface area (Å²) < 4.78 is 5.27. The van der Waals surface area contributed by atoms with Crippen LogP contribution in [-0.2, 0) is 14.3 Å². The number of nitrogens with two attached hydrogens (primary N) is 1. The SMILES string of the molecule is CC(CN)CC(=O)N1CCCC1C(=O)N1CCOCC1. The van der Waals surface area contributed by atoms with Crippen LogP contribution in [0.15, 0.2) is 0 Å².